The van der Waals surface area contributed by atoms with E-state index in [0.717, 1.165) is 36.4 Å². The number of hydrogen-bond donors (Lipinski definition) is 2. The van der Waals surface area contributed by atoms with Crippen molar-refractivity contribution in [1.82, 2.24) is 5.01 Å². The van der Waals surface area contributed by atoms with E-state index in [9.17, 15) is 15.0 Å². The van der Waals surface area contributed by atoms with Gasteiger partial charge in [-0.05, 0) is 75.1 Å². The molecule has 0 spiro atoms. The van der Waals surface area contributed by atoms with Crippen molar-refractivity contribution < 1.29 is 15.0 Å². The van der Waals surface area contributed by atoms with Crippen LogP contribution in [0.5, 0.6) is 0 Å². The van der Waals surface area contributed by atoms with Gasteiger partial charge in [-0.15, -0.1) is 0 Å². The summed E-state index contributed by atoms with van der Waals surface area (Å²) < 4.78 is 0. The molecule has 0 unspecified atom stereocenters. The van der Waals surface area contributed by atoms with Crippen molar-refractivity contribution in [3.8, 4) is 0 Å². The van der Waals surface area contributed by atoms with Gasteiger partial charge in [0.05, 0.1) is 11.4 Å². The second-order valence-electron chi connectivity index (χ2n) is 12.0. The lowest BCUT2D eigenvalue weighted by Crippen LogP contribution is -2.60. The van der Waals surface area contributed by atoms with Crippen molar-refractivity contribution in [2.24, 2.45) is 38.7 Å². The molecular formula is C30H39N3O3. The van der Waals surface area contributed by atoms with E-state index < -0.39 is 23.4 Å². The molecule has 0 radical (unpaired) electrons. The van der Waals surface area contributed by atoms with Crippen LogP contribution in [0.3, 0.4) is 0 Å². The Kier molecular flexibility index (Phi) is 6.12. The van der Waals surface area contributed by atoms with Gasteiger partial charge in [-0.25, -0.2) is 4.99 Å². The standard InChI is InChI=1S/C30H39N3O3/c1-19-6-9-21(10-7-19)31-22-12-14-28(2)20(16-22)8-11-23-24-13-15-30(36,26(35)18-34)29(24,3)17-25(27(23)28)32-33(4)5/h6-7,9-10,12,14,16,23-24,27,34,36H,8,11,13,15,17-18H2,1-5H3/b31-22?,32-25+/t23-,24-,27+,28-,29-,30-/m0/s1. The van der Waals surface area contributed by atoms with E-state index in [4.69, 9.17) is 10.1 Å². The molecular weight excluding hydrogens is 450 g/mol. The summed E-state index contributed by atoms with van der Waals surface area (Å²) in [6.07, 6.45) is 10.4. The topological polar surface area (TPSA) is 85.5 Å². The van der Waals surface area contributed by atoms with Gasteiger partial charge in [0.15, 0.2) is 5.78 Å². The third kappa shape index (κ3) is 3.72. The van der Waals surface area contributed by atoms with Crippen LogP contribution in [0.15, 0.2) is 58.2 Å². The number of aryl methyl sites for hydroxylation is 1. The highest BCUT2D eigenvalue weighted by Gasteiger charge is 2.67. The molecule has 4 aliphatic rings. The SMILES string of the molecule is Cc1ccc(N=C2C=C[C@@]3(C)C(=C2)CC[C@@H]2[C@@H]3/C(=N/N(C)C)C[C@@]3(C)[C@H]2CC[C@]3(O)C(=O)CO)cc1. The maximum Gasteiger partial charge on any atom is 0.190 e. The van der Waals surface area contributed by atoms with E-state index in [0.29, 0.717) is 18.8 Å². The Bertz CT molecular complexity index is 1180. The molecule has 36 heavy (non-hydrogen) atoms. The largest absolute Gasteiger partial charge is 0.388 e. The normalized spacial score (nSPS) is 39.4. The summed E-state index contributed by atoms with van der Waals surface area (Å²) in [7, 11) is 3.86. The highest BCUT2D eigenvalue weighted by molar-refractivity contribution is 6.07. The predicted octanol–water partition coefficient (Wildman–Crippen LogP) is 4.63. The second-order valence-corrected chi connectivity index (χ2v) is 12.0. The number of aliphatic imine (C=N–C) groups is 1. The number of hydrogen-bond acceptors (Lipinski definition) is 6. The number of rotatable bonds is 4. The zero-order chi connectivity index (χ0) is 25.9. The smallest absolute Gasteiger partial charge is 0.190 e. The highest BCUT2D eigenvalue weighted by atomic mass is 16.3. The Morgan fingerprint density at radius 2 is 1.89 bits per heavy atom. The van der Waals surface area contributed by atoms with Crippen LogP contribution in [-0.2, 0) is 4.79 Å². The first-order valence-electron chi connectivity index (χ1n) is 13.2. The maximum atomic E-state index is 12.8. The maximum absolute atomic E-state index is 12.8. The van der Waals surface area contributed by atoms with E-state index in [-0.39, 0.29) is 17.3 Å². The van der Waals surface area contributed by atoms with Gasteiger partial charge in [0.25, 0.3) is 0 Å². The van der Waals surface area contributed by atoms with Crippen molar-refractivity contribution >= 4 is 22.9 Å². The molecule has 5 rings (SSSR count). The molecule has 192 valence electrons. The first-order valence-corrected chi connectivity index (χ1v) is 13.2. The number of benzene rings is 1. The number of carbonyl (C=O) groups is 1. The van der Waals surface area contributed by atoms with Crippen LogP contribution >= 0.6 is 0 Å². The van der Waals surface area contributed by atoms with Crippen LogP contribution in [-0.4, -0.2) is 58.7 Å². The molecule has 6 heteroatoms. The second kappa shape index (κ2) is 8.77. The Hall–Kier alpha value is -2.57. The third-order valence-electron chi connectivity index (χ3n) is 9.67. The molecule has 6 nitrogen and oxygen atoms in total. The van der Waals surface area contributed by atoms with E-state index in [1.54, 1.807) is 0 Å². The minimum Gasteiger partial charge on any atom is -0.388 e. The quantitative estimate of drug-likeness (QED) is 0.604. The molecule has 0 aromatic heterocycles. The first-order chi connectivity index (χ1) is 17.0. The van der Waals surface area contributed by atoms with Crippen LogP contribution in [0, 0.1) is 35.5 Å². The van der Waals surface area contributed by atoms with Crippen molar-refractivity contribution in [2.45, 2.75) is 58.5 Å². The minimum absolute atomic E-state index is 0.187. The number of fused-ring (bicyclic) bond motifs is 5. The number of aliphatic hydroxyl groups excluding tert-OH is 1. The summed E-state index contributed by atoms with van der Waals surface area (Å²) >= 11 is 0. The van der Waals surface area contributed by atoms with Gasteiger partial charge in [0.1, 0.15) is 12.2 Å². The van der Waals surface area contributed by atoms with Gasteiger partial charge in [-0.3, -0.25) is 4.79 Å². The van der Waals surface area contributed by atoms with Gasteiger partial charge in [0.2, 0.25) is 0 Å². The molecule has 4 aliphatic carbocycles. The minimum atomic E-state index is -1.50. The molecule has 0 amide bonds. The molecule has 1 aromatic rings. The van der Waals surface area contributed by atoms with Crippen molar-refractivity contribution in [2.75, 3.05) is 20.7 Å². The van der Waals surface area contributed by atoms with Crippen LogP contribution in [0.1, 0.15) is 51.5 Å². The van der Waals surface area contributed by atoms with Gasteiger partial charge < -0.3 is 15.2 Å². The van der Waals surface area contributed by atoms with Crippen molar-refractivity contribution in [3.63, 3.8) is 0 Å². The first kappa shape index (κ1) is 25.1. The number of aliphatic hydroxyl groups is 2. The fourth-order valence-electron chi connectivity index (χ4n) is 7.86. The van der Waals surface area contributed by atoms with Gasteiger partial charge in [-0.2, -0.15) is 5.10 Å². The average molecular weight is 490 g/mol. The number of allylic oxidation sites excluding steroid dienone is 4. The molecule has 2 N–H and O–H groups in total. The number of Topliss-reactive ketones (excluding diaryl/α,β-unsaturated/α-hetero) is 1. The van der Waals surface area contributed by atoms with Crippen LogP contribution in [0.2, 0.25) is 0 Å². The molecule has 0 heterocycles. The number of hydrazone groups is 1. The lowest BCUT2D eigenvalue weighted by molar-refractivity contribution is -0.157. The summed E-state index contributed by atoms with van der Waals surface area (Å²) in [5, 5.41) is 28.1. The Morgan fingerprint density at radius 3 is 2.56 bits per heavy atom. The Balaban J connectivity index is 1.54. The Labute approximate surface area is 214 Å². The molecule has 6 atom stereocenters. The fourth-order valence-corrected chi connectivity index (χ4v) is 7.86. The molecule has 3 saturated carbocycles. The lowest BCUT2D eigenvalue weighted by atomic mass is 9.46. The van der Waals surface area contributed by atoms with E-state index >= 15 is 0 Å². The van der Waals surface area contributed by atoms with E-state index in [1.807, 2.05) is 19.1 Å². The Morgan fingerprint density at radius 1 is 1.17 bits per heavy atom. The summed E-state index contributed by atoms with van der Waals surface area (Å²) in [6, 6.07) is 8.28. The average Bonchev–Trinajstić information content (AvgIpc) is 3.11. The zero-order valence-corrected chi connectivity index (χ0v) is 22.2. The van der Waals surface area contributed by atoms with Crippen molar-refractivity contribution in [3.05, 3.63) is 53.6 Å². The van der Waals surface area contributed by atoms with Crippen LogP contribution in [0.25, 0.3) is 0 Å². The fraction of sp³-hybridized carbons (Fsp3) is 0.567. The van der Waals surface area contributed by atoms with E-state index in [2.05, 4.69) is 63.3 Å². The summed E-state index contributed by atoms with van der Waals surface area (Å²) in [4.78, 5) is 17.7. The molecule has 0 aliphatic heterocycles. The van der Waals surface area contributed by atoms with Crippen molar-refractivity contribution in [1.29, 1.82) is 0 Å². The monoisotopic (exact) mass is 489 g/mol. The van der Waals surface area contributed by atoms with Gasteiger partial charge >= 0.3 is 0 Å². The number of carbonyl (C=O) groups excluding carboxylic acids is 1. The van der Waals surface area contributed by atoms with Gasteiger partial charge in [0, 0.05) is 36.6 Å². The van der Waals surface area contributed by atoms with E-state index in [1.165, 1.54) is 11.1 Å². The molecule has 0 saturated heterocycles. The lowest BCUT2D eigenvalue weighted by Gasteiger charge is -2.58. The zero-order valence-electron chi connectivity index (χ0n) is 22.2. The highest BCUT2D eigenvalue weighted by Crippen LogP contribution is 2.66. The molecule has 0 bridgehead atoms. The number of ketones is 1. The summed E-state index contributed by atoms with van der Waals surface area (Å²) in [6.45, 7) is 5.83. The predicted molar refractivity (Wildman–Crippen MR) is 143 cm³/mol. The summed E-state index contributed by atoms with van der Waals surface area (Å²) in [5.41, 5.74) is 3.26. The van der Waals surface area contributed by atoms with Crippen LogP contribution < -0.4 is 0 Å². The number of nitrogens with zero attached hydrogens (tertiary/aromatic N) is 3. The van der Waals surface area contributed by atoms with Gasteiger partial charge in [-0.1, -0.05) is 43.2 Å². The third-order valence-corrected chi connectivity index (χ3v) is 9.67. The molecule has 3 fully saturated rings. The van der Waals surface area contributed by atoms with Crippen LogP contribution in [0.4, 0.5) is 5.69 Å². The molecule has 1 aromatic carbocycles. The summed E-state index contributed by atoms with van der Waals surface area (Å²) in [5.74, 6) is 0.262.